The Morgan fingerprint density at radius 3 is 3.12 bits per heavy atom. The van der Waals surface area contributed by atoms with Crippen molar-refractivity contribution in [2.24, 2.45) is 4.99 Å². The van der Waals surface area contributed by atoms with Gasteiger partial charge in [-0.15, -0.1) is 0 Å². The lowest BCUT2D eigenvalue weighted by Crippen LogP contribution is -2.37. The van der Waals surface area contributed by atoms with Gasteiger partial charge in [0.15, 0.2) is 5.96 Å². The van der Waals surface area contributed by atoms with Crippen molar-refractivity contribution < 1.29 is 0 Å². The van der Waals surface area contributed by atoms with Crippen LogP contribution in [-0.4, -0.2) is 37.5 Å². The summed E-state index contributed by atoms with van der Waals surface area (Å²) in [6, 6.07) is 8.82. The summed E-state index contributed by atoms with van der Waals surface area (Å²) >= 11 is 0. The Labute approximate surface area is 103 Å². The van der Waals surface area contributed by atoms with Crippen molar-refractivity contribution in [2.45, 2.75) is 18.8 Å². The van der Waals surface area contributed by atoms with Gasteiger partial charge in [-0.1, -0.05) is 24.3 Å². The molecule has 0 bridgehead atoms. The summed E-state index contributed by atoms with van der Waals surface area (Å²) in [5.41, 5.74) is 3.06. The molecule has 0 radical (unpaired) electrons. The van der Waals surface area contributed by atoms with E-state index in [1.807, 2.05) is 0 Å². The second kappa shape index (κ2) is 4.40. The van der Waals surface area contributed by atoms with Gasteiger partial charge in [0.05, 0.1) is 6.54 Å². The van der Waals surface area contributed by atoms with Crippen LogP contribution in [0.25, 0.3) is 0 Å². The highest BCUT2D eigenvalue weighted by Gasteiger charge is 2.22. The summed E-state index contributed by atoms with van der Waals surface area (Å²) in [5, 5.41) is 3.49. The molecule has 0 saturated carbocycles. The molecule has 1 atom stereocenters. The molecular formula is C14H19N3. The van der Waals surface area contributed by atoms with E-state index in [1.54, 1.807) is 0 Å². The zero-order chi connectivity index (χ0) is 11.7. The first kappa shape index (κ1) is 10.6. The molecule has 0 fully saturated rings. The molecule has 1 aliphatic heterocycles. The minimum atomic E-state index is 0.655. The maximum Gasteiger partial charge on any atom is 0.193 e. The Kier molecular flexibility index (Phi) is 2.75. The first-order valence-corrected chi connectivity index (χ1v) is 6.42. The molecular weight excluding hydrogens is 210 g/mol. The van der Waals surface area contributed by atoms with Gasteiger partial charge in [-0.05, 0) is 24.0 Å². The van der Waals surface area contributed by atoms with Crippen LogP contribution in [0.3, 0.4) is 0 Å². The summed E-state index contributed by atoms with van der Waals surface area (Å²) in [6.07, 6.45) is 2.49. The van der Waals surface area contributed by atoms with Gasteiger partial charge in [-0.2, -0.15) is 0 Å². The van der Waals surface area contributed by atoms with Gasteiger partial charge in [0, 0.05) is 26.1 Å². The van der Waals surface area contributed by atoms with Gasteiger partial charge in [0.1, 0.15) is 0 Å². The normalized spacial score (nSPS) is 22.5. The number of benzene rings is 1. The van der Waals surface area contributed by atoms with Crippen LogP contribution in [-0.2, 0) is 6.42 Å². The second-order valence-corrected chi connectivity index (χ2v) is 4.94. The van der Waals surface area contributed by atoms with E-state index in [0.29, 0.717) is 5.92 Å². The molecule has 1 N–H and O–H groups in total. The van der Waals surface area contributed by atoms with E-state index < -0.39 is 0 Å². The van der Waals surface area contributed by atoms with Gasteiger partial charge in [0.25, 0.3) is 0 Å². The minimum Gasteiger partial charge on any atom is -0.356 e. The van der Waals surface area contributed by atoms with E-state index in [9.17, 15) is 0 Å². The van der Waals surface area contributed by atoms with Crippen LogP contribution in [0.15, 0.2) is 29.3 Å². The number of guanidine groups is 1. The van der Waals surface area contributed by atoms with E-state index in [0.717, 1.165) is 25.6 Å². The molecule has 1 aliphatic carbocycles. The highest BCUT2D eigenvalue weighted by Crippen LogP contribution is 2.32. The quantitative estimate of drug-likeness (QED) is 0.834. The summed E-state index contributed by atoms with van der Waals surface area (Å²) in [6.45, 7) is 2.99. The fourth-order valence-electron chi connectivity index (χ4n) is 2.80. The number of nitrogens with zero attached hydrogens (tertiary/aromatic N) is 2. The van der Waals surface area contributed by atoms with Gasteiger partial charge in [-0.3, -0.25) is 4.99 Å². The lowest BCUT2D eigenvalue weighted by atomic mass is 10.0. The van der Waals surface area contributed by atoms with Gasteiger partial charge < -0.3 is 10.2 Å². The zero-order valence-corrected chi connectivity index (χ0v) is 10.3. The molecule has 3 nitrogen and oxygen atoms in total. The summed E-state index contributed by atoms with van der Waals surface area (Å²) in [5.74, 6) is 1.72. The Bertz CT molecular complexity index is 439. The molecule has 1 aromatic carbocycles. The molecule has 0 spiro atoms. The molecule has 1 unspecified atom stereocenters. The Hall–Kier alpha value is -1.51. The van der Waals surface area contributed by atoms with Crippen LogP contribution in [0.5, 0.6) is 0 Å². The van der Waals surface area contributed by atoms with E-state index in [1.165, 1.54) is 24.0 Å². The maximum absolute atomic E-state index is 4.47. The lowest BCUT2D eigenvalue weighted by molar-refractivity contribution is 0.525. The Morgan fingerprint density at radius 1 is 1.41 bits per heavy atom. The topological polar surface area (TPSA) is 27.6 Å². The van der Waals surface area contributed by atoms with Crippen LogP contribution in [0, 0.1) is 0 Å². The second-order valence-electron chi connectivity index (χ2n) is 4.94. The number of hydrogen-bond donors (Lipinski definition) is 1. The summed E-state index contributed by atoms with van der Waals surface area (Å²) in [4.78, 5) is 6.66. The third-order valence-corrected chi connectivity index (χ3v) is 3.82. The summed E-state index contributed by atoms with van der Waals surface area (Å²) in [7, 11) is 2.10. The Balaban J connectivity index is 1.64. The molecule has 3 heteroatoms. The van der Waals surface area contributed by atoms with Crippen LogP contribution in [0.4, 0.5) is 0 Å². The fourth-order valence-corrected chi connectivity index (χ4v) is 2.80. The standard InChI is InChI=1S/C14H19N3/c1-17-9-8-15-14(17)16-10-12-7-6-11-4-2-3-5-13(11)12/h2-5,12H,6-10H2,1H3,(H,15,16). The number of hydrogen-bond acceptors (Lipinski definition) is 3. The highest BCUT2D eigenvalue weighted by atomic mass is 15.3. The number of aliphatic imine (C=N–C) groups is 1. The number of aryl methyl sites for hydroxylation is 1. The largest absolute Gasteiger partial charge is 0.356 e. The first-order chi connectivity index (χ1) is 8.34. The van der Waals surface area contributed by atoms with E-state index >= 15 is 0 Å². The molecule has 1 heterocycles. The highest BCUT2D eigenvalue weighted by molar-refractivity contribution is 5.81. The predicted molar refractivity (Wildman–Crippen MR) is 70.4 cm³/mol. The van der Waals surface area contributed by atoms with Crippen molar-refractivity contribution >= 4 is 5.96 Å². The third-order valence-electron chi connectivity index (χ3n) is 3.82. The molecule has 90 valence electrons. The minimum absolute atomic E-state index is 0.655. The number of fused-ring (bicyclic) bond motifs is 1. The van der Waals surface area contributed by atoms with Crippen LogP contribution in [0.1, 0.15) is 23.5 Å². The molecule has 2 aliphatic rings. The van der Waals surface area contributed by atoms with E-state index in [-0.39, 0.29) is 0 Å². The molecule has 0 aromatic heterocycles. The van der Waals surface area contributed by atoms with Gasteiger partial charge in [-0.25, -0.2) is 0 Å². The number of nitrogens with one attached hydrogen (secondary N) is 1. The van der Waals surface area contributed by atoms with Crippen molar-refractivity contribution in [3.8, 4) is 0 Å². The monoisotopic (exact) mass is 229 g/mol. The van der Waals surface area contributed by atoms with Crippen molar-refractivity contribution in [1.29, 1.82) is 0 Å². The predicted octanol–water partition coefficient (Wildman–Crippen LogP) is 1.61. The van der Waals surface area contributed by atoms with Crippen LogP contribution >= 0.6 is 0 Å². The Morgan fingerprint density at radius 2 is 2.29 bits per heavy atom. The van der Waals surface area contributed by atoms with Crippen LogP contribution < -0.4 is 5.32 Å². The molecule has 17 heavy (non-hydrogen) atoms. The van der Waals surface area contributed by atoms with Gasteiger partial charge >= 0.3 is 0 Å². The van der Waals surface area contributed by atoms with Gasteiger partial charge in [0.2, 0.25) is 0 Å². The molecule has 1 aromatic rings. The molecule has 0 amide bonds. The SMILES string of the molecule is CN1CCN=C1NCC1CCc2ccccc21. The maximum atomic E-state index is 4.47. The van der Waals surface area contributed by atoms with Crippen molar-refractivity contribution in [3.05, 3.63) is 35.4 Å². The van der Waals surface area contributed by atoms with E-state index in [4.69, 9.17) is 0 Å². The first-order valence-electron chi connectivity index (χ1n) is 6.42. The smallest absolute Gasteiger partial charge is 0.193 e. The zero-order valence-electron chi connectivity index (χ0n) is 10.3. The number of likely N-dealkylation sites (N-methyl/N-ethyl adjacent to an activating group) is 1. The van der Waals surface area contributed by atoms with Crippen molar-refractivity contribution in [3.63, 3.8) is 0 Å². The lowest BCUT2D eigenvalue weighted by Gasteiger charge is -2.18. The van der Waals surface area contributed by atoms with Crippen molar-refractivity contribution in [2.75, 3.05) is 26.7 Å². The van der Waals surface area contributed by atoms with E-state index in [2.05, 4.69) is 46.5 Å². The molecule has 3 rings (SSSR count). The van der Waals surface area contributed by atoms with Crippen LogP contribution in [0.2, 0.25) is 0 Å². The van der Waals surface area contributed by atoms with Crippen molar-refractivity contribution in [1.82, 2.24) is 10.2 Å². The third kappa shape index (κ3) is 2.02. The molecule has 0 saturated heterocycles. The average Bonchev–Trinajstić information content (AvgIpc) is 2.93. The fraction of sp³-hybridized carbons (Fsp3) is 0.500. The summed E-state index contributed by atoms with van der Waals surface area (Å²) < 4.78 is 0. The average molecular weight is 229 g/mol. The number of rotatable bonds is 2.